The number of benzene rings is 2. The van der Waals surface area contributed by atoms with E-state index in [1.807, 2.05) is 30.3 Å². The van der Waals surface area contributed by atoms with Crippen molar-refractivity contribution in [3.63, 3.8) is 0 Å². The number of amides is 2. The summed E-state index contributed by atoms with van der Waals surface area (Å²) in [6.07, 6.45) is 0.773. The van der Waals surface area contributed by atoms with Crippen LogP contribution in [0.5, 0.6) is 11.6 Å². The Labute approximate surface area is 220 Å². The van der Waals surface area contributed by atoms with Gasteiger partial charge in [0.05, 0.1) is 22.9 Å². The van der Waals surface area contributed by atoms with E-state index in [2.05, 4.69) is 15.6 Å². The third-order valence-corrected chi connectivity index (χ3v) is 5.06. The van der Waals surface area contributed by atoms with Gasteiger partial charge in [-0.1, -0.05) is 41.9 Å². The average molecular weight is 530 g/mol. The number of alkyl carbamates (subject to hydrolysis) is 1. The summed E-state index contributed by atoms with van der Waals surface area (Å²) in [4.78, 5) is 28.6. The summed E-state index contributed by atoms with van der Waals surface area (Å²) in [7, 11) is 0. The second kappa shape index (κ2) is 12.4. The van der Waals surface area contributed by atoms with E-state index in [0.29, 0.717) is 0 Å². The van der Waals surface area contributed by atoms with E-state index in [-0.39, 0.29) is 47.2 Å². The molecule has 0 aliphatic carbocycles. The predicted molar refractivity (Wildman–Crippen MR) is 139 cm³/mol. The lowest BCUT2D eigenvalue weighted by Crippen LogP contribution is -2.40. The molecule has 0 bridgehead atoms. The quantitative estimate of drug-likeness (QED) is 0.353. The van der Waals surface area contributed by atoms with E-state index < -0.39 is 23.4 Å². The maximum Gasteiger partial charge on any atom is 0.407 e. The molecule has 2 aromatic carbocycles. The lowest BCUT2D eigenvalue weighted by Gasteiger charge is -2.22. The Hall–Kier alpha value is -3.85. The highest BCUT2D eigenvalue weighted by Gasteiger charge is 2.18. The number of rotatable bonds is 9. The summed E-state index contributed by atoms with van der Waals surface area (Å²) in [5, 5.41) is 5.43. The van der Waals surface area contributed by atoms with Gasteiger partial charge in [-0.05, 0) is 51.5 Å². The highest BCUT2D eigenvalue weighted by Crippen LogP contribution is 2.26. The first kappa shape index (κ1) is 27.7. The van der Waals surface area contributed by atoms with Crippen LogP contribution in [0.3, 0.4) is 0 Å². The van der Waals surface area contributed by atoms with Gasteiger partial charge in [0.1, 0.15) is 18.8 Å². The number of aromatic nitrogens is 1. The monoisotopic (exact) mass is 529 g/mol. The Kier molecular flexibility index (Phi) is 9.30. The zero-order valence-corrected chi connectivity index (χ0v) is 21.8. The van der Waals surface area contributed by atoms with Gasteiger partial charge in [0.25, 0.3) is 5.91 Å². The fourth-order valence-electron chi connectivity index (χ4n) is 3.03. The molecule has 0 aliphatic rings. The Morgan fingerprint density at radius 2 is 1.81 bits per heavy atom. The molecule has 2 N–H and O–H groups in total. The highest BCUT2D eigenvalue weighted by atomic mass is 35.5. The van der Waals surface area contributed by atoms with Crippen LogP contribution in [0.25, 0.3) is 0 Å². The fraction of sp³-hybridized carbons (Fsp3) is 0.296. The molecule has 8 nitrogen and oxygen atoms in total. The number of hydrogen-bond acceptors (Lipinski definition) is 6. The first-order valence-corrected chi connectivity index (χ1v) is 11.9. The number of carbonyl (C=O) groups excluding carboxylic acids is 2. The number of halogens is 2. The average Bonchev–Trinajstić information content (AvgIpc) is 2.82. The molecule has 0 spiro atoms. The molecule has 37 heavy (non-hydrogen) atoms. The van der Waals surface area contributed by atoms with Gasteiger partial charge >= 0.3 is 6.09 Å². The molecule has 0 fully saturated rings. The first-order valence-electron chi connectivity index (χ1n) is 11.6. The molecule has 0 unspecified atom stereocenters. The van der Waals surface area contributed by atoms with Crippen molar-refractivity contribution in [3.8, 4) is 11.6 Å². The van der Waals surface area contributed by atoms with E-state index in [0.717, 1.165) is 11.6 Å². The molecule has 3 rings (SSSR count). The van der Waals surface area contributed by atoms with Crippen LogP contribution in [0.2, 0.25) is 5.02 Å². The predicted octanol–water partition coefficient (Wildman–Crippen LogP) is 6.00. The van der Waals surface area contributed by atoms with Crippen molar-refractivity contribution in [3.05, 3.63) is 82.8 Å². The smallest absolute Gasteiger partial charge is 0.407 e. The zero-order valence-electron chi connectivity index (χ0n) is 21.0. The van der Waals surface area contributed by atoms with Crippen molar-refractivity contribution in [2.24, 2.45) is 0 Å². The number of nitrogens with zero attached hydrogens (tertiary/aromatic N) is 1. The van der Waals surface area contributed by atoms with Gasteiger partial charge in [0.15, 0.2) is 11.6 Å². The van der Waals surface area contributed by atoms with Gasteiger partial charge in [0.2, 0.25) is 5.88 Å². The standard InChI is InChI=1S/C27H29ClFN3O5/c1-17(31-26(34)37-27(2,3)4)15-36-24-13-20(28)22(14-30-24)32-25(33)19-10-11-23(21(29)12-19)35-16-18-8-6-5-7-9-18/h5-14,17H,15-16H2,1-4H3,(H,31,34)(H,32,33)/t17-/m0/s1. The molecule has 0 saturated carbocycles. The lowest BCUT2D eigenvalue weighted by molar-refractivity contribution is 0.0493. The van der Waals surface area contributed by atoms with Crippen molar-refractivity contribution in [2.45, 2.75) is 45.9 Å². The Bertz CT molecular complexity index is 1230. The van der Waals surface area contributed by atoms with Crippen molar-refractivity contribution in [1.29, 1.82) is 0 Å². The SMILES string of the molecule is C[C@@H](COc1cc(Cl)c(NC(=O)c2ccc(OCc3ccccc3)c(F)c2)cn1)NC(=O)OC(C)(C)C. The summed E-state index contributed by atoms with van der Waals surface area (Å²) in [5.41, 5.74) is 0.600. The summed E-state index contributed by atoms with van der Waals surface area (Å²) >= 11 is 6.27. The molecule has 1 aromatic heterocycles. The van der Waals surface area contributed by atoms with E-state index >= 15 is 0 Å². The van der Waals surface area contributed by atoms with E-state index in [4.69, 9.17) is 25.8 Å². The summed E-state index contributed by atoms with van der Waals surface area (Å²) in [6, 6.07) is 14.4. The second-order valence-electron chi connectivity index (χ2n) is 9.23. The Morgan fingerprint density at radius 1 is 1.08 bits per heavy atom. The first-order chi connectivity index (χ1) is 17.5. The van der Waals surface area contributed by atoms with Gasteiger partial charge in [-0.15, -0.1) is 0 Å². The third-order valence-electron chi connectivity index (χ3n) is 4.75. The molecule has 0 saturated heterocycles. The normalized spacial score (nSPS) is 11.8. The number of ether oxygens (including phenoxy) is 3. The van der Waals surface area contributed by atoms with Crippen molar-refractivity contribution in [1.82, 2.24) is 10.3 Å². The minimum atomic E-state index is -0.661. The third kappa shape index (κ3) is 8.95. The molecule has 1 heterocycles. The molecule has 10 heteroatoms. The van der Waals surface area contributed by atoms with Crippen LogP contribution in [0.15, 0.2) is 60.8 Å². The van der Waals surface area contributed by atoms with Crippen LogP contribution in [-0.2, 0) is 11.3 Å². The zero-order chi connectivity index (χ0) is 27.0. The van der Waals surface area contributed by atoms with Gasteiger partial charge in [-0.25, -0.2) is 14.2 Å². The number of carbonyl (C=O) groups is 2. The van der Waals surface area contributed by atoms with Crippen LogP contribution < -0.4 is 20.1 Å². The lowest BCUT2D eigenvalue weighted by atomic mass is 10.2. The topological polar surface area (TPSA) is 98.8 Å². The van der Waals surface area contributed by atoms with Crippen LogP contribution in [-0.4, -0.2) is 35.2 Å². The maximum atomic E-state index is 14.5. The summed E-state index contributed by atoms with van der Waals surface area (Å²) < 4.78 is 30.8. The molecule has 196 valence electrons. The maximum absolute atomic E-state index is 14.5. The number of nitrogens with one attached hydrogen (secondary N) is 2. The molecule has 3 aromatic rings. The number of hydrogen-bond donors (Lipinski definition) is 2. The minimum Gasteiger partial charge on any atom is -0.486 e. The van der Waals surface area contributed by atoms with Gasteiger partial charge in [-0.2, -0.15) is 0 Å². The van der Waals surface area contributed by atoms with Gasteiger partial charge in [0, 0.05) is 11.6 Å². The van der Waals surface area contributed by atoms with Crippen LogP contribution >= 0.6 is 11.6 Å². The second-order valence-corrected chi connectivity index (χ2v) is 9.64. The fourth-order valence-corrected chi connectivity index (χ4v) is 3.22. The molecule has 1 atom stereocenters. The molecule has 0 aliphatic heterocycles. The highest BCUT2D eigenvalue weighted by molar-refractivity contribution is 6.34. The van der Waals surface area contributed by atoms with Crippen molar-refractivity contribution >= 4 is 29.3 Å². The van der Waals surface area contributed by atoms with Crippen molar-refractivity contribution in [2.75, 3.05) is 11.9 Å². The molecule has 0 radical (unpaired) electrons. The van der Waals surface area contributed by atoms with Gasteiger partial charge in [-0.3, -0.25) is 4.79 Å². The van der Waals surface area contributed by atoms with Crippen LogP contribution in [0, 0.1) is 5.82 Å². The summed E-state index contributed by atoms with van der Waals surface area (Å²) in [6.45, 7) is 7.38. The largest absolute Gasteiger partial charge is 0.486 e. The van der Waals surface area contributed by atoms with E-state index in [1.165, 1.54) is 24.4 Å². The number of anilines is 1. The summed E-state index contributed by atoms with van der Waals surface area (Å²) in [5.74, 6) is -0.990. The van der Waals surface area contributed by atoms with Crippen LogP contribution in [0.4, 0.5) is 14.9 Å². The molecular weight excluding hydrogens is 501 g/mol. The van der Waals surface area contributed by atoms with Crippen LogP contribution in [0.1, 0.15) is 43.6 Å². The number of pyridine rings is 1. The van der Waals surface area contributed by atoms with Crippen molar-refractivity contribution < 1.29 is 28.2 Å². The van der Waals surface area contributed by atoms with E-state index in [1.54, 1.807) is 27.7 Å². The minimum absolute atomic E-state index is 0.0389. The molecule has 2 amide bonds. The van der Waals surface area contributed by atoms with E-state index in [9.17, 15) is 14.0 Å². The Morgan fingerprint density at radius 3 is 2.46 bits per heavy atom. The molecular formula is C27H29ClFN3O5. The van der Waals surface area contributed by atoms with Gasteiger partial charge < -0.3 is 24.8 Å². The Balaban J connectivity index is 1.53.